The van der Waals surface area contributed by atoms with Crippen molar-refractivity contribution in [1.82, 2.24) is 0 Å². The summed E-state index contributed by atoms with van der Waals surface area (Å²) in [5.41, 5.74) is 0. The molecule has 1 saturated heterocycles. The smallest absolute Gasteiger partial charge is 0.350 e. The first-order valence-corrected chi connectivity index (χ1v) is 7.01. The Bertz CT molecular complexity index is 712. The summed E-state index contributed by atoms with van der Waals surface area (Å²) in [7, 11) is 0. The predicted molar refractivity (Wildman–Crippen MR) is 71.6 cm³/mol. The van der Waals surface area contributed by atoms with Crippen LogP contribution >= 0.6 is 22.9 Å². The first-order chi connectivity index (χ1) is 9.56. The van der Waals surface area contributed by atoms with E-state index in [0.717, 1.165) is 11.3 Å². The Morgan fingerprint density at radius 2 is 2.30 bits per heavy atom. The average molecular weight is 315 g/mol. The van der Waals surface area contributed by atoms with E-state index in [4.69, 9.17) is 21.1 Å². The summed E-state index contributed by atoms with van der Waals surface area (Å²) < 4.78 is 23.5. The third kappa shape index (κ3) is 2.25. The van der Waals surface area contributed by atoms with Gasteiger partial charge in [0.05, 0.1) is 11.6 Å². The van der Waals surface area contributed by atoms with E-state index < -0.39 is 23.9 Å². The molecule has 1 atom stereocenters. The summed E-state index contributed by atoms with van der Waals surface area (Å²) >= 11 is 7.13. The highest BCUT2D eigenvalue weighted by molar-refractivity contribution is 7.21. The first-order valence-electron chi connectivity index (χ1n) is 5.81. The molecule has 1 aromatic heterocycles. The van der Waals surface area contributed by atoms with E-state index in [-0.39, 0.29) is 16.5 Å². The van der Waals surface area contributed by atoms with Crippen LogP contribution in [0.25, 0.3) is 10.1 Å². The molecule has 0 radical (unpaired) electrons. The van der Waals surface area contributed by atoms with Crippen LogP contribution in [-0.4, -0.2) is 24.6 Å². The maximum absolute atomic E-state index is 13.1. The number of thiophene rings is 1. The number of benzene rings is 1. The molecular formula is C13H8ClFO4S. The van der Waals surface area contributed by atoms with Crippen molar-refractivity contribution in [3.63, 3.8) is 0 Å². The number of carbonyl (C=O) groups excluding carboxylic acids is 2. The predicted octanol–water partition coefficient (Wildman–Crippen LogP) is 3.17. The van der Waals surface area contributed by atoms with E-state index in [2.05, 4.69) is 0 Å². The third-order valence-electron chi connectivity index (χ3n) is 2.91. The van der Waals surface area contributed by atoms with Crippen molar-refractivity contribution >= 4 is 45.0 Å². The summed E-state index contributed by atoms with van der Waals surface area (Å²) in [6.07, 6.45) is -0.553. The lowest BCUT2D eigenvalue weighted by Gasteiger charge is -2.06. The number of carbonyl (C=O) groups is 2. The number of hydrogen-bond acceptors (Lipinski definition) is 5. The summed E-state index contributed by atoms with van der Waals surface area (Å²) in [5.74, 6) is -1.66. The van der Waals surface area contributed by atoms with Gasteiger partial charge in [-0.1, -0.05) is 11.6 Å². The Morgan fingerprint density at radius 1 is 1.50 bits per heavy atom. The summed E-state index contributed by atoms with van der Waals surface area (Å²) in [5, 5.41) is 0.792. The van der Waals surface area contributed by atoms with E-state index in [0.29, 0.717) is 16.5 Å². The highest BCUT2D eigenvalue weighted by Gasteiger charge is 2.32. The van der Waals surface area contributed by atoms with Gasteiger partial charge in [0.25, 0.3) is 0 Å². The highest BCUT2D eigenvalue weighted by atomic mass is 35.5. The molecule has 0 amide bonds. The second kappa shape index (κ2) is 5.03. The fraction of sp³-hybridized carbons (Fsp3) is 0.231. The van der Waals surface area contributed by atoms with Crippen LogP contribution in [0.1, 0.15) is 16.1 Å². The SMILES string of the molecule is O=C(O[C@H]1CCOC1=O)c1sc2cc(F)ccc2c1Cl. The summed E-state index contributed by atoms with van der Waals surface area (Å²) in [6, 6.07) is 4.07. The van der Waals surface area contributed by atoms with Gasteiger partial charge in [-0.15, -0.1) is 11.3 Å². The first kappa shape index (κ1) is 13.3. The minimum atomic E-state index is -0.888. The van der Waals surface area contributed by atoms with Gasteiger partial charge in [0, 0.05) is 16.5 Å². The van der Waals surface area contributed by atoms with Gasteiger partial charge in [0.15, 0.2) is 0 Å². The lowest BCUT2D eigenvalue weighted by molar-refractivity contribution is -0.145. The van der Waals surface area contributed by atoms with Crippen molar-refractivity contribution in [3.8, 4) is 0 Å². The van der Waals surface area contributed by atoms with Gasteiger partial charge < -0.3 is 9.47 Å². The average Bonchev–Trinajstić information content (AvgIpc) is 2.94. The molecule has 0 unspecified atom stereocenters. The molecule has 0 N–H and O–H groups in total. The van der Waals surface area contributed by atoms with Crippen molar-refractivity contribution in [2.24, 2.45) is 0 Å². The third-order valence-corrected chi connectivity index (χ3v) is 4.55. The Morgan fingerprint density at radius 3 is 3.00 bits per heavy atom. The number of rotatable bonds is 2. The van der Waals surface area contributed by atoms with Crippen molar-refractivity contribution in [2.45, 2.75) is 12.5 Å². The van der Waals surface area contributed by atoms with E-state index in [1.165, 1.54) is 18.2 Å². The molecule has 1 fully saturated rings. The fourth-order valence-corrected chi connectivity index (χ4v) is 3.35. The molecule has 0 spiro atoms. The molecule has 2 aromatic rings. The molecule has 4 nitrogen and oxygen atoms in total. The molecule has 104 valence electrons. The van der Waals surface area contributed by atoms with Crippen LogP contribution in [0.2, 0.25) is 5.02 Å². The summed E-state index contributed by atoms with van der Waals surface area (Å²) in [4.78, 5) is 23.4. The van der Waals surface area contributed by atoms with Gasteiger partial charge in [-0.3, -0.25) is 0 Å². The van der Waals surface area contributed by atoms with Crippen LogP contribution in [0.15, 0.2) is 18.2 Å². The Kier molecular flexibility index (Phi) is 3.35. The van der Waals surface area contributed by atoms with Crippen LogP contribution in [0.4, 0.5) is 4.39 Å². The monoisotopic (exact) mass is 314 g/mol. The van der Waals surface area contributed by atoms with Gasteiger partial charge in [-0.05, 0) is 18.2 Å². The van der Waals surface area contributed by atoms with Crippen molar-refractivity contribution in [1.29, 1.82) is 0 Å². The number of esters is 2. The number of hydrogen-bond donors (Lipinski definition) is 0. The molecule has 1 aliphatic rings. The second-order valence-corrected chi connectivity index (χ2v) is 5.67. The number of ether oxygens (including phenoxy) is 2. The van der Waals surface area contributed by atoms with Gasteiger partial charge >= 0.3 is 11.9 Å². The van der Waals surface area contributed by atoms with E-state index in [1.54, 1.807) is 0 Å². The molecule has 20 heavy (non-hydrogen) atoms. The van der Waals surface area contributed by atoms with Crippen molar-refractivity contribution in [3.05, 3.63) is 33.9 Å². The molecule has 0 aliphatic carbocycles. The molecule has 0 bridgehead atoms. The molecular weight excluding hydrogens is 307 g/mol. The zero-order valence-electron chi connectivity index (χ0n) is 10.0. The van der Waals surface area contributed by atoms with Crippen molar-refractivity contribution < 1.29 is 23.5 Å². The van der Waals surface area contributed by atoms with Gasteiger partial charge in [-0.25, -0.2) is 14.0 Å². The molecule has 1 aliphatic heterocycles. The fourth-order valence-electron chi connectivity index (χ4n) is 1.94. The Balaban J connectivity index is 1.91. The zero-order valence-corrected chi connectivity index (χ0v) is 11.6. The molecule has 3 rings (SSSR count). The Hall–Kier alpha value is -1.66. The van der Waals surface area contributed by atoms with Crippen LogP contribution in [0, 0.1) is 5.82 Å². The van der Waals surface area contributed by atoms with E-state index >= 15 is 0 Å². The lowest BCUT2D eigenvalue weighted by atomic mass is 10.2. The maximum Gasteiger partial charge on any atom is 0.350 e. The minimum absolute atomic E-state index is 0.159. The largest absolute Gasteiger partial charge is 0.463 e. The Labute approximate surface area is 122 Å². The summed E-state index contributed by atoms with van der Waals surface area (Å²) in [6.45, 7) is 0.238. The van der Waals surface area contributed by atoms with Crippen LogP contribution < -0.4 is 0 Å². The number of halogens is 2. The van der Waals surface area contributed by atoms with Gasteiger partial charge in [0.1, 0.15) is 10.7 Å². The highest BCUT2D eigenvalue weighted by Crippen LogP contribution is 2.36. The maximum atomic E-state index is 13.1. The van der Waals surface area contributed by atoms with Crippen LogP contribution in [-0.2, 0) is 14.3 Å². The number of cyclic esters (lactones) is 1. The van der Waals surface area contributed by atoms with Gasteiger partial charge in [-0.2, -0.15) is 0 Å². The second-order valence-electron chi connectivity index (χ2n) is 4.24. The van der Waals surface area contributed by atoms with Crippen LogP contribution in [0.5, 0.6) is 0 Å². The van der Waals surface area contributed by atoms with E-state index in [1.807, 2.05) is 0 Å². The topological polar surface area (TPSA) is 52.6 Å². The van der Waals surface area contributed by atoms with Crippen molar-refractivity contribution in [2.75, 3.05) is 6.61 Å². The molecule has 0 saturated carbocycles. The standard InChI is InChI=1S/C13H8ClFO4S/c14-10-7-2-1-6(15)5-9(7)20-11(10)13(17)19-8-3-4-18-12(8)16/h1-2,5,8H,3-4H2/t8-/m0/s1. The van der Waals surface area contributed by atoms with Crippen LogP contribution in [0.3, 0.4) is 0 Å². The molecule has 7 heteroatoms. The molecule has 2 heterocycles. The molecule has 1 aromatic carbocycles. The number of fused-ring (bicyclic) bond motifs is 1. The lowest BCUT2D eigenvalue weighted by Crippen LogP contribution is -2.22. The van der Waals surface area contributed by atoms with E-state index in [9.17, 15) is 14.0 Å². The zero-order chi connectivity index (χ0) is 14.3. The minimum Gasteiger partial charge on any atom is -0.463 e. The normalized spacial score (nSPS) is 18.3. The van der Waals surface area contributed by atoms with Gasteiger partial charge in [0.2, 0.25) is 6.10 Å². The quantitative estimate of drug-likeness (QED) is 0.799.